The molecular weight excluding hydrogens is 476 g/mol. The van der Waals surface area contributed by atoms with E-state index in [4.69, 9.17) is 9.47 Å². The van der Waals surface area contributed by atoms with Gasteiger partial charge in [0.05, 0.1) is 29.8 Å². The van der Waals surface area contributed by atoms with Crippen LogP contribution in [0.4, 0.5) is 5.69 Å². The van der Waals surface area contributed by atoms with Crippen molar-refractivity contribution in [1.29, 1.82) is 0 Å². The van der Waals surface area contributed by atoms with Crippen LogP contribution in [0.5, 0.6) is 11.5 Å². The molecule has 0 aliphatic carbocycles. The molecule has 3 aromatic carbocycles. The highest BCUT2D eigenvalue weighted by atomic mass is 16.6. The van der Waals surface area contributed by atoms with Crippen molar-refractivity contribution in [3.05, 3.63) is 105 Å². The van der Waals surface area contributed by atoms with E-state index in [9.17, 15) is 24.8 Å². The molecule has 1 N–H and O–H groups in total. The molecule has 4 rings (SSSR count). The van der Waals surface area contributed by atoms with Crippen molar-refractivity contribution in [2.24, 2.45) is 0 Å². The number of non-ortho nitro benzene ring substituents is 1. The first-order valence-electron chi connectivity index (χ1n) is 11.6. The molecule has 1 amide bonds. The SMILES string of the molecule is COc1ccc(C2/C(=C(/O)c3ccc([N+](=O)[O-])cc3)C(=O)C(=O)N2Cc2ccc(OC(C)C)cc2)cc1. The largest absolute Gasteiger partial charge is 0.507 e. The minimum absolute atomic E-state index is 0.0122. The molecule has 1 atom stereocenters. The highest BCUT2D eigenvalue weighted by molar-refractivity contribution is 6.46. The second kappa shape index (κ2) is 10.5. The summed E-state index contributed by atoms with van der Waals surface area (Å²) in [5, 5.41) is 22.2. The summed E-state index contributed by atoms with van der Waals surface area (Å²) in [5.74, 6) is -0.719. The van der Waals surface area contributed by atoms with E-state index in [-0.39, 0.29) is 29.5 Å². The number of Topliss-reactive ketones (excluding diaryl/α,β-unsaturated/α-hetero) is 1. The number of rotatable bonds is 8. The summed E-state index contributed by atoms with van der Waals surface area (Å²) < 4.78 is 10.9. The maximum atomic E-state index is 13.2. The van der Waals surface area contributed by atoms with Crippen molar-refractivity contribution in [3.63, 3.8) is 0 Å². The van der Waals surface area contributed by atoms with Crippen LogP contribution in [0, 0.1) is 10.1 Å². The number of nitro benzene ring substituents is 1. The molecule has 1 heterocycles. The number of ketones is 1. The molecule has 9 nitrogen and oxygen atoms in total. The maximum absolute atomic E-state index is 13.2. The first kappa shape index (κ1) is 25.4. The summed E-state index contributed by atoms with van der Waals surface area (Å²) in [5.41, 5.74) is 1.31. The predicted octanol–water partition coefficient (Wildman–Crippen LogP) is 5.01. The number of methoxy groups -OCH3 is 1. The van der Waals surface area contributed by atoms with Gasteiger partial charge in [-0.2, -0.15) is 0 Å². The van der Waals surface area contributed by atoms with Gasteiger partial charge in [-0.1, -0.05) is 24.3 Å². The molecular formula is C28H26N2O7. The molecule has 0 aromatic heterocycles. The Morgan fingerprint density at radius 3 is 2.11 bits per heavy atom. The van der Waals surface area contributed by atoms with Crippen LogP contribution in [0.3, 0.4) is 0 Å². The number of carbonyl (C=O) groups excluding carboxylic acids is 2. The second-order valence-electron chi connectivity index (χ2n) is 8.81. The molecule has 9 heteroatoms. The molecule has 37 heavy (non-hydrogen) atoms. The molecule has 3 aromatic rings. The summed E-state index contributed by atoms with van der Waals surface area (Å²) in [7, 11) is 1.53. The summed E-state index contributed by atoms with van der Waals surface area (Å²) in [6.45, 7) is 3.96. The van der Waals surface area contributed by atoms with Crippen molar-refractivity contribution in [2.45, 2.75) is 32.5 Å². The third-order valence-corrected chi connectivity index (χ3v) is 5.97. The van der Waals surface area contributed by atoms with E-state index in [1.807, 2.05) is 26.0 Å². The van der Waals surface area contributed by atoms with Crippen molar-refractivity contribution < 1.29 is 29.1 Å². The monoisotopic (exact) mass is 502 g/mol. The van der Waals surface area contributed by atoms with Gasteiger partial charge in [0.2, 0.25) is 0 Å². The van der Waals surface area contributed by atoms with E-state index in [1.54, 1.807) is 36.4 Å². The summed E-state index contributed by atoms with van der Waals surface area (Å²) >= 11 is 0. The number of likely N-dealkylation sites (tertiary alicyclic amines) is 1. The number of aliphatic hydroxyl groups is 1. The Bertz CT molecular complexity index is 1340. The van der Waals surface area contributed by atoms with Crippen LogP contribution >= 0.6 is 0 Å². The fourth-order valence-corrected chi connectivity index (χ4v) is 4.21. The molecule has 0 bridgehead atoms. The normalized spacial score (nSPS) is 16.8. The number of carbonyl (C=O) groups is 2. The Hall–Kier alpha value is -4.66. The lowest BCUT2D eigenvalue weighted by atomic mass is 9.95. The molecule has 0 spiro atoms. The Morgan fingerprint density at radius 1 is 0.973 bits per heavy atom. The van der Waals surface area contributed by atoms with Gasteiger partial charge >= 0.3 is 0 Å². The van der Waals surface area contributed by atoms with Gasteiger partial charge in [0.25, 0.3) is 17.4 Å². The van der Waals surface area contributed by atoms with Crippen molar-refractivity contribution in [1.82, 2.24) is 4.90 Å². The maximum Gasteiger partial charge on any atom is 0.295 e. The fraction of sp³-hybridized carbons (Fsp3) is 0.214. The lowest BCUT2D eigenvalue weighted by Crippen LogP contribution is -2.29. The Balaban J connectivity index is 1.77. The van der Waals surface area contributed by atoms with Crippen LogP contribution in [0.15, 0.2) is 78.4 Å². The van der Waals surface area contributed by atoms with Crippen molar-refractivity contribution >= 4 is 23.1 Å². The topological polar surface area (TPSA) is 119 Å². The van der Waals surface area contributed by atoms with E-state index in [0.717, 1.165) is 5.56 Å². The van der Waals surface area contributed by atoms with E-state index < -0.39 is 28.4 Å². The van der Waals surface area contributed by atoms with Crippen LogP contribution in [-0.2, 0) is 16.1 Å². The van der Waals surface area contributed by atoms with Gasteiger partial charge in [-0.25, -0.2) is 0 Å². The molecule has 190 valence electrons. The molecule has 0 radical (unpaired) electrons. The number of aliphatic hydroxyl groups excluding tert-OH is 1. The van der Waals surface area contributed by atoms with Crippen LogP contribution in [0.2, 0.25) is 0 Å². The van der Waals surface area contributed by atoms with E-state index in [0.29, 0.717) is 17.1 Å². The third-order valence-electron chi connectivity index (χ3n) is 5.97. The van der Waals surface area contributed by atoms with E-state index in [1.165, 1.54) is 36.3 Å². The summed E-state index contributed by atoms with van der Waals surface area (Å²) in [6.07, 6.45) is 0.0122. The van der Waals surface area contributed by atoms with Gasteiger partial charge in [-0.15, -0.1) is 0 Å². The van der Waals surface area contributed by atoms with Gasteiger partial charge in [-0.3, -0.25) is 19.7 Å². The molecule has 1 fully saturated rings. The number of hydrogen-bond acceptors (Lipinski definition) is 7. The van der Waals surface area contributed by atoms with E-state index >= 15 is 0 Å². The van der Waals surface area contributed by atoms with E-state index in [2.05, 4.69) is 0 Å². The average Bonchev–Trinajstić information content (AvgIpc) is 3.14. The van der Waals surface area contributed by atoms with Gasteiger partial charge in [-0.05, 0) is 61.4 Å². The van der Waals surface area contributed by atoms with Crippen molar-refractivity contribution in [3.8, 4) is 11.5 Å². The lowest BCUT2D eigenvalue weighted by Gasteiger charge is -2.25. The zero-order chi connectivity index (χ0) is 26.7. The second-order valence-corrected chi connectivity index (χ2v) is 8.81. The Labute approximate surface area is 213 Å². The first-order chi connectivity index (χ1) is 17.7. The highest BCUT2D eigenvalue weighted by Crippen LogP contribution is 2.41. The van der Waals surface area contributed by atoms with Gasteiger partial charge in [0, 0.05) is 24.2 Å². The van der Waals surface area contributed by atoms with Crippen LogP contribution in [0.25, 0.3) is 5.76 Å². The fourth-order valence-electron chi connectivity index (χ4n) is 4.21. The standard InChI is InChI=1S/C28H26N2O7/c1-17(2)37-23-12-4-18(5-13-23)16-29-25(19-8-14-22(36-3)15-9-19)24(27(32)28(29)33)26(31)20-6-10-21(11-7-20)30(34)35/h4-15,17,25,31H,16H2,1-3H3/b26-24-. The zero-order valence-corrected chi connectivity index (χ0v) is 20.6. The molecule has 1 saturated heterocycles. The minimum atomic E-state index is -0.882. The van der Waals surface area contributed by atoms with Gasteiger partial charge in [0.15, 0.2) is 0 Å². The van der Waals surface area contributed by atoms with Gasteiger partial charge < -0.3 is 19.5 Å². The number of amides is 1. The number of nitrogens with zero attached hydrogens (tertiary/aromatic N) is 2. The number of hydrogen-bond donors (Lipinski definition) is 1. The summed E-state index contributed by atoms with van der Waals surface area (Å²) in [4.78, 5) is 38.3. The first-order valence-corrected chi connectivity index (χ1v) is 11.6. The zero-order valence-electron chi connectivity index (χ0n) is 20.6. The number of benzene rings is 3. The summed E-state index contributed by atoms with van der Waals surface area (Å²) in [6, 6.07) is 18.4. The van der Waals surface area contributed by atoms with Gasteiger partial charge in [0.1, 0.15) is 17.3 Å². The quantitative estimate of drug-likeness (QED) is 0.151. The lowest BCUT2D eigenvalue weighted by molar-refractivity contribution is -0.384. The number of ether oxygens (including phenoxy) is 2. The molecule has 1 unspecified atom stereocenters. The third kappa shape index (κ3) is 5.30. The van der Waals surface area contributed by atoms with Crippen LogP contribution in [0.1, 0.15) is 36.6 Å². The molecule has 1 aliphatic heterocycles. The Morgan fingerprint density at radius 2 is 1.57 bits per heavy atom. The molecule has 0 saturated carbocycles. The smallest absolute Gasteiger partial charge is 0.295 e. The average molecular weight is 503 g/mol. The van der Waals surface area contributed by atoms with Crippen LogP contribution in [-0.4, -0.2) is 39.8 Å². The highest BCUT2D eigenvalue weighted by Gasteiger charge is 2.46. The van der Waals surface area contributed by atoms with Crippen molar-refractivity contribution in [2.75, 3.05) is 7.11 Å². The van der Waals surface area contributed by atoms with Crippen LogP contribution < -0.4 is 9.47 Å². The Kier molecular flexibility index (Phi) is 7.24. The number of nitro groups is 1. The minimum Gasteiger partial charge on any atom is -0.507 e. The predicted molar refractivity (Wildman–Crippen MR) is 136 cm³/mol. The molecule has 1 aliphatic rings.